The third-order valence-corrected chi connectivity index (χ3v) is 5.51. The van der Waals surface area contributed by atoms with Gasteiger partial charge in [-0.2, -0.15) is 0 Å². The van der Waals surface area contributed by atoms with E-state index < -0.39 is 0 Å². The number of fused-ring (bicyclic) bond motifs is 1. The molecule has 6 nitrogen and oxygen atoms in total. The first-order valence-electron chi connectivity index (χ1n) is 9.46. The Morgan fingerprint density at radius 1 is 1.12 bits per heavy atom. The second-order valence-electron chi connectivity index (χ2n) is 7.28. The molecule has 2 heterocycles. The molecule has 136 valence electrons. The van der Waals surface area contributed by atoms with E-state index in [1.807, 2.05) is 18.2 Å². The van der Waals surface area contributed by atoms with Crippen LogP contribution in [0.1, 0.15) is 32.1 Å². The highest BCUT2D eigenvalue weighted by atomic mass is 16.6. The van der Waals surface area contributed by atoms with Gasteiger partial charge in [0.15, 0.2) is 11.5 Å². The van der Waals surface area contributed by atoms with Crippen LogP contribution in [-0.4, -0.2) is 49.8 Å². The Morgan fingerprint density at radius 2 is 1.92 bits per heavy atom. The molecule has 1 aliphatic carbocycles. The molecule has 1 aromatic rings. The fraction of sp³-hybridized carbons (Fsp3) is 0.632. The van der Waals surface area contributed by atoms with E-state index in [9.17, 15) is 4.79 Å². The fourth-order valence-electron chi connectivity index (χ4n) is 4.16. The number of nitrogens with zero attached hydrogens (tertiary/aromatic N) is 1. The lowest BCUT2D eigenvalue weighted by Crippen LogP contribution is -2.35. The number of carbonyl (C=O) groups excluding carboxylic acids is 1. The molecule has 0 radical (unpaired) electrons. The highest BCUT2D eigenvalue weighted by molar-refractivity contribution is 5.89. The van der Waals surface area contributed by atoms with Crippen LogP contribution in [0, 0.1) is 5.92 Å². The number of likely N-dealkylation sites (tertiary alicyclic amines) is 1. The van der Waals surface area contributed by atoms with Gasteiger partial charge in [0.25, 0.3) is 0 Å². The molecule has 2 N–H and O–H groups in total. The summed E-state index contributed by atoms with van der Waals surface area (Å²) in [7, 11) is 0. The quantitative estimate of drug-likeness (QED) is 0.881. The number of anilines is 1. The van der Waals surface area contributed by atoms with E-state index in [0.29, 0.717) is 24.9 Å². The average Bonchev–Trinajstić information content (AvgIpc) is 3.31. The molecule has 2 amide bonds. The molecule has 25 heavy (non-hydrogen) atoms. The summed E-state index contributed by atoms with van der Waals surface area (Å²) in [6, 6.07) is 6.11. The first-order chi connectivity index (χ1) is 12.3. The van der Waals surface area contributed by atoms with Crippen LogP contribution >= 0.6 is 0 Å². The summed E-state index contributed by atoms with van der Waals surface area (Å²) >= 11 is 0. The van der Waals surface area contributed by atoms with Gasteiger partial charge in [-0.1, -0.05) is 12.8 Å². The predicted octanol–water partition coefficient (Wildman–Crippen LogP) is 2.84. The zero-order valence-corrected chi connectivity index (χ0v) is 14.6. The van der Waals surface area contributed by atoms with Crippen LogP contribution < -0.4 is 20.1 Å². The van der Waals surface area contributed by atoms with Crippen molar-refractivity contribution in [3.63, 3.8) is 0 Å². The van der Waals surface area contributed by atoms with Crippen molar-refractivity contribution in [1.29, 1.82) is 0 Å². The number of benzene rings is 1. The standard InChI is InChI=1S/C19H27N3O3/c23-19(21-15-5-6-17-18(11-15)25-10-9-24-17)20-12-14-7-8-22(13-14)16-3-1-2-4-16/h5-6,11,14,16H,1-4,7-10,12-13H2,(H2,20,21,23). The minimum Gasteiger partial charge on any atom is -0.486 e. The van der Waals surface area contributed by atoms with Crippen LogP contribution in [0.2, 0.25) is 0 Å². The monoisotopic (exact) mass is 345 g/mol. The maximum atomic E-state index is 12.2. The SMILES string of the molecule is O=C(NCC1CCN(C2CCCC2)C1)Nc1ccc2c(c1)OCCO2. The minimum atomic E-state index is -0.156. The molecular weight excluding hydrogens is 318 g/mol. The van der Waals surface area contributed by atoms with Gasteiger partial charge in [0.2, 0.25) is 0 Å². The lowest BCUT2D eigenvalue weighted by Gasteiger charge is -2.23. The highest BCUT2D eigenvalue weighted by Gasteiger charge is 2.29. The zero-order chi connectivity index (χ0) is 17.1. The molecule has 0 spiro atoms. The van der Waals surface area contributed by atoms with Crippen molar-refractivity contribution < 1.29 is 14.3 Å². The van der Waals surface area contributed by atoms with Crippen molar-refractivity contribution in [2.75, 3.05) is 38.2 Å². The molecule has 0 aromatic heterocycles. The Balaban J connectivity index is 1.23. The van der Waals surface area contributed by atoms with Crippen LogP contribution in [0.15, 0.2) is 18.2 Å². The number of rotatable bonds is 4. The summed E-state index contributed by atoms with van der Waals surface area (Å²) in [6.07, 6.45) is 6.64. The molecule has 3 aliphatic rings. The van der Waals surface area contributed by atoms with Gasteiger partial charge in [0.1, 0.15) is 13.2 Å². The number of ether oxygens (including phenoxy) is 2. The van der Waals surface area contributed by atoms with Gasteiger partial charge in [-0.3, -0.25) is 0 Å². The second-order valence-corrected chi connectivity index (χ2v) is 7.28. The van der Waals surface area contributed by atoms with Crippen molar-refractivity contribution in [3.8, 4) is 11.5 Å². The van der Waals surface area contributed by atoms with Crippen LogP contribution in [0.4, 0.5) is 10.5 Å². The highest BCUT2D eigenvalue weighted by Crippen LogP contribution is 2.32. The maximum Gasteiger partial charge on any atom is 0.319 e. The van der Waals surface area contributed by atoms with Gasteiger partial charge in [0, 0.05) is 30.9 Å². The summed E-state index contributed by atoms with van der Waals surface area (Å²) in [5.74, 6) is 1.98. The largest absolute Gasteiger partial charge is 0.486 e. The second kappa shape index (κ2) is 7.52. The Kier molecular flexibility index (Phi) is 4.97. The molecular formula is C19H27N3O3. The predicted molar refractivity (Wildman–Crippen MR) is 96.4 cm³/mol. The number of amides is 2. The van der Waals surface area contributed by atoms with Crippen molar-refractivity contribution in [3.05, 3.63) is 18.2 Å². The average molecular weight is 345 g/mol. The summed E-state index contributed by atoms with van der Waals surface area (Å²) < 4.78 is 11.0. The van der Waals surface area contributed by atoms with Gasteiger partial charge < -0.3 is 25.0 Å². The van der Waals surface area contributed by atoms with Gasteiger partial charge in [-0.05, 0) is 43.9 Å². The maximum absolute atomic E-state index is 12.2. The number of hydrogen-bond donors (Lipinski definition) is 2. The van der Waals surface area contributed by atoms with E-state index in [0.717, 1.165) is 30.6 Å². The Morgan fingerprint density at radius 3 is 2.76 bits per heavy atom. The molecule has 2 fully saturated rings. The number of nitrogens with one attached hydrogen (secondary N) is 2. The summed E-state index contributed by atoms with van der Waals surface area (Å²) in [4.78, 5) is 14.8. The third kappa shape index (κ3) is 4.00. The Hall–Kier alpha value is -1.95. The van der Waals surface area contributed by atoms with Gasteiger partial charge in [0.05, 0.1) is 0 Å². The summed E-state index contributed by atoms with van der Waals surface area (Å²) in [5, 5.41) is 5.90. The molecule has 1 unspecified atom stereocenters. The van der Waals surface area contributed by atoms with Crippen molar-refractivity contribution >= 4 is 11.7 Å². The smallest absolute Gasteiger partial charge is 0.319 e. The van der Waals surface area contributed by atoms with E-state index >= 15 is 0 Å². The first kappa shape index (κ1) is 16.5. The van der Waals surface area contributed by atoms with Crippen molar-refractivity contribution in [2.45, 2.75) is 38.1 Å². The van der Waals surface area contributed by atoms with Crippen LogP contribution in [0.5, 0.6) is 11.5 Å². The molecule has 1 aromatic carbocycles. The van der Waals surface area contributed by atoms with Gasteiger partial charge in [-0.25, -0.2) is 4.79 Å². The van der Waals surface area contributed by atoms with E-state index in [2.05, 4.69) is 15.5 Å². The molecule has 1 saturated carbocycles. The number of carbonyl (C=O) groups is 1. The van der Waals surface area contributed by atoms with Crippen molar-refractivity contribution in [2.24, 2.45) is 5.92 Å². The molecule has 2 aliphatic heterocycles. The molecule has 1 atom stereocenters. The Labute approximate surface area is 148 Å². The van der Waals surface area contributed by atoms with E-state index in [1.54, 1.807) is 0 Å². The van der Waals surface area contributed by atoms with E-state index in [-0.39, 0.29) is 6.03 Å². The molecule has 1 saturated heterocycles. The molecule has 0 bridgehead atoms. The summed E-state index contributed by atoms with van der Waals surface area (Å²) in [6.45, 7) is 4.15. The summed E-state index contributed by atoms with van der Waals surface area (Å²) in [5.41, 5.74) is 0.723. The van der Waals surface area contributed by atoms with Crippen LogP contribution in [0.25, 0.3) is 0 Å². The van der Waals surface area contributed by atoms with Gasteiger partial charge >= 0.3 is 6.03 Å². The topological polar surface area (TPSA) is 62.8 Å². The van der Waals surface area contributed by atoms with E-state index in [4.69, 9.17) is 9.47 Å². The van der Waals surface area contributed by atoms with Crippen LogP contribution in [-0.2, 0) is 0 Å². The van der Waals surface area contributed by atoms with Crippen LogP contribution in [0.3, 0.4) is 0 Å². The Bertz CT molecular complexity index is 616. The first-order valence-corrected chi connectivity index (χ1v) is 9.46. The molecule has 4 rings (SSSR count). The number of hydrogen-bond acceptors (Lipinski definition) is 4. The normalized spacial score (nSPS) is 23.6. The third-order valence-electron chi connectivity index (χ3n) is 5.51. The van der Waals surface area contributed by atoms with E-state index in [1.165, 1.54) is 38.6 Å². The zero-order valence-electron chi connectivity index (χ0n) is 14.6. The fourth-order valence-corrected chi connectivity index (χ4v) is 4.16. The van der Waals surface area contributed by atoms with Gasteiger partial charge in [-0.15, -0.1) is 0 Å². The lowest BCUT2D eigenvalue weighted by atomic mass is 10.1. The lowest BCUT2D eigenvalue weighted by molar-refractivity contribution is 0.171. The minimum absolute atomic E-state index is 0.156. The molecule has 6 heteroatoms. The van der Waals surface area contributed by atoms with Crippen molar-refractivity contribution in [1.82, 2.24) is 10.2 Å². The number of urea groups is 1.